The topological polar surface area (TPSA) is 49.3 Å². The lowest BCUT2D eigenvalue weighted by Gasteiger charge is -2.30. The van der Waals surface area contributed by atoms with E-state index in [0.29, 0.717) is 0 Å². The molecule has 102 valence electrons. The molecule has 2 atom stereocenters. The summed E-state index contributed by atoms with van der Waals surface area (Å²) >= 11 is 3.21. The van der Waals surface area contributed by atoms with Crippen LogP contribution < -0.4 is 5.32 Å². The third kappa shape index (κ3) is 2.68. The van der Waals surface area contributed by atoms with Gasteiger partial charge in [0.1, 0.15) is 0 Å². The van der Waals surface area contributed by atoms with Crippen LogP contribution in [0.3, 0.4) is 0 Å². The number of amides is 1. The van der Waals surface area contributed by atoms with Crippen LogP contribution >= 0.6 is 22.7 Å². The molecule has 0 aliphatic heterocycles. The summed E-state index contributed by atoms with van der Waals surface area (Å²) in [4.78, 5) is 13.0. The highest BCUT2D eigenvalue weighted by Crippen LogP contribution is 2.30. The van der Waals surface area contributed by atoms with Gasteiger partial charge in [0, 0.05) is 28.0 Å². The van der Waals surface area contributed by atoms with Gasteiger partial charge in [-0.1, -0.05) is 12.8 Å². The molecule has 0 radical (unpaired) electrons. The van der Waals surface area contributed by atoms with Crippen LogP contribution in [0.2, 0.25) is 0 Å². The Hall–Kier alpha value is -0.910. The minimum absolute atomic E-state index is 0.0127. The third-order valence-electron chi connectivity index (χ3n) is 3.82. The molecule has 0 aromatic carbocycles. The normalized spacial score (nSPS) is 23.6. The average molecular weight is 295 g/mol. The van der Waals surface area contributed by atoms with Crippen LogP contribution in [0.15, 0.2) is 17.5 Å². The standard InChI is InChI=1S/C14H17NO2S2/c16-8-9-3-1-2-4-10(9)15-14(17)13-7-12-11(19-13)5-6-18-12/h5-7,9-10,16H,1-4,8H2,(H,15,17). The smallest absolute Gasteiger partial charge is 0.261 e. The SMILES string of the molecule is O=C(NC1CCCCC1CO)c1cc2sccc2s1. The Morgan fingerprint density at radius 1 is 1.37 bits per heavy atom. The van der Waals surface area contributed by atoms with Gasteiger partial charge in [-0.2, -0.15) is 0 Å². The predicted octanol–water partition coefficient (Wildman–Crippen LogP) is 3.24. The van der Waals surface area contributed by atoms with Gasteiger partial charge in [0.05, 0.1) is 4.88 Å². The summed E-state index contributed by atoms with van der Waals surface area (Å²) in [6.45, 7) is 0.171. The summed E-state index contributed by atoms with van der Waals surface area (Å²) in [6, 6.07) is 4.15. The molecule has 0 bridgehead atoms. The number of thiophene rings is 2. The number of carbonyl (C=O) groups excluding carboxylic acids is 1. The van der Waals surface area contributed by atoms with E-state index < -0.39 is 0 Å². The lowest BCUT2D eigenvalue weighted by atomic mass is 9.85. The molecule has 19 heavy (non-hydrogen) atoms. The second-order valence-corrected chi connectivity index (χ2v) is 7.10. The highest BCUT2D eigenvalue weighted by atomic mass is 32.1. The van der Waals surface area contributed by atoms with Crippen LogP contribution in [-0.2, 0) is 0 Å². The number of aliphatic hydroxyl groups excluding tert-OH is 1. The number of hydrogen-bond donors (Lipinski definition) is 2. The Balaban J connectivity index is 1.71. The molecule has 1 saturated carbocycles. The third-order valence-corrected chi connectivity index (χ3v) is 5.92. The summed E-state index contributed by atoms with van der Waals surface area (Å²) in [7, 11) is 0. The first-order valence-electron chi connectivity index (χ1n) is 6.66. The summed E-state index contributed by atoms with van der Waals surface area (Å²) in [5.41, 5.74) is 0. The largest absolute Gasteiger partial charge is 0.396 e. The van der Waals surface area contributed by atoms with E-state index >= 15 is 0 Å². The maximum Gasteiger partial charge on any atom is 0.261 e. The first kappa shape index (κ1) is 13.1. The lowest BCUT2D eigenvalue weighted by Crippen LogP contribution is -2.43. The summed E-state index contributed by atoms with van der Waals surface area (Å²) in [5, 5.41) is 14.5. The highest BCUT2D eigenvalue weighted by molar-refractivity contribution is 7.27. The molecule has 1 fully saturated rings. The molecule has 3 rings (SSSR count). The van der Waals surface area contributed by atoms with Crippen LogP contribution in [0.5, 0.6) is 0 Å². The van der Waals surface area contributed by atoms with Crippen LogP contribution in [-0.4, -0.2) is 23.7 Å². The Bertz CT molecular complexity index is 546. The van der Waals surface area contributed by atoms with E-state index in [4.69, 9.17) is 0 Å². The molecular weight excluding hydrogens is 278 g/mol. The van der Waals surface area contributed by atoms with Gasteiger partial charge in [-0.05, 0) is 30.4 Å². The molecular formula is C14H17NO2S2. The number of fused-ring (bicyclic) bond motifs is 1. The fraction of sp³-hybridized carbons (Fsp3) is 0.500. The predicted molar refractivity (Wildman–Crippen MR) is 80.0 cm³/mol. The minimum Gasteiger partial charge on any atom is -0.396 e. The van der Waals surface area contributed by atoms with Gasteiger partial charge in [0.25, 0.3) is 5.91 Å². The fourth-order valence-corrected chi connectivity index (χ4v) is 4.75. The van der Waals surface area contributed by atoms with E-state index in [-0.39, 0.29) is 24.5 Å². The van der Waals surface area contributed by atoms with Crippen molar-refractivity contribution in [1.29, 1.82) is 0 Å². The molecule has 2 unspecified atom stereocenters. The molecule has 2 aromatic heterocycles. The van der Waals surface area contributed by atoms with Crippen molar-refractivity contribution in [3.8, 4) is 0 Å². The van der Waals surface area contributed by atoms with Crippen molar-refractivity contribution in [2.75, 3.05) is 6.61 Å². The van der Waals surface area contributed by atoms with Crippen molar-refractivity contribution in [3.05, 3.63) is 22.4 Å². The lowest BCUT2D eigenvalue weighted by molar-refractivity contribution is 0.0877. The van der Waals surface area contributed by atoms with Gasteiger partial charge in [-0.3, -0.25) is 4.79 Å². The molecule has 0 spiro atoms. The Kier molecular flexibility index (Phi) is 3.86. The van der Waals surface area contributed by atoms with E-state index in [9.17, 15) is 9.90 Å². The molecule has 1 aliphatic rings. The second-order valence-electron chi connectivity index (χ2n) is 5.07. The van der Waals surface area contributed by atoms with Gasteiger partial charge in [-0.25, -0.2) is 0 Å². The summed E-state index contributed by atoms with van der Waals surface area (Å²) in [5.74, 6) is 0.234. The van der Waals surface area contributed by atoms with Gasteiger partial charge in [0.15, 0.2) is 0 Å². The number of aliphatic hydroxyl groups is 1. The average Bonchev–Trinajstić information content (AvgIpc) is 3.00. The van der Waals surface area contributed by atoms with Crippen LogP contribution in [0.4, 0.5) is 0 Å². The van der Waals surface area contributed by atoms with Crippen LogP contribution in [0.1, 0.15) is 35.4 Å². The van der Waals surface area contributed by atoms with Gasteiger partial charge >= 0.3 is 0 Å². The van der Waals surface area contributed by atoms with Crippen molar-refractivity contribution in [2.45, 2.75) is 31.7 Å². The first-order chi connectivity index (χ1) is 9.28. The number of hydrogen-bond acceptors (Lipinski definition) is 4. The molecule has 3 nitrogen and oxygen atoms in total. The van der Waals surface area contributed by atoms with E-state index in [1.165, 1.54) is 9.40 Å². The zero-order chi connectivity index (χ0) is 13.2. The van der Waals surface area contributed by atoms with E-state index in [1.807, 2.05) is 11.4 Å². The Morgan fingerprint density at radius 3 is 3.00 bits per heavy atom. The fourth-order valence-electron chi connectivity index (χ4n) is 2.73. The van der Waals surface area contributed by atoms with Crippen molar-refractivity contribution in [3.63, 3.8) is 0 Å². The Morgan fingerprint density at radius 2 is 2.21 bits per heavy atom. The van der Waals surface area contributed by atoms with E-state index in [0.717, 1.165) is 30.6 Å². The van der Waals surface area contributed by atoms with Gasteiger partial charge in [-0.15, -0.1) is 22.7 Å². The molecule has 5 heteroatoms. The molecule has 1 aliphatic carbocycles. The molecule has 0 saturated heterocycles. The molecule has 2 N–H and O–H groups in total. The van der Waals surface area contributed by atoms with E-state index in [1.54, 1.807) is 22.7 Å². The number of nitrogens with one attached hydrogen (secondary N) is 1. The maximum atomic E-state index is 12.3. The minimum atomic E-state index is 0.0127. The first-order valence-corrected chi connectivity index (χ1v) is 8.36. The van der Waals surface area contributed by atoms with Crippen LogP contribution in [0.25, 0.3) is 9.40 Å². The summed E-state index contributed by atoms with van der Waals surface area (Å²) < 4.78 is 2.36. The number of rotatable bonds is 3. The van der Waals surface area contributed by atoms with Crippen LogP contribution in [0, 0.1) is 5.92 Å². The zero-order valence-electron chi connectivity index (χ0n) is 10.6. The molecule has 1 amide bonds. The highest BCUT2D eigenvalue weighted by Gasteiger charge is 2.26. The monoisotopic (exact) mass is 295 g/mol. The maximum absolute atomic E-state index is 12.3. The summed E-state index contributed by atoms with van der Waals surface area (Å²) in [6.07, 6.45) is 4.30. The number of carbonyl (C=O) groups is 1. The van der Waals surface area contributed by atoms with Crippen molar-refractivity contribution < 1.29 is 9.90 Å². The van der Waals surface area contributed by atoms with Crippen molar-refractivity contribution >= 4 is 38.0 Å². The van der Waals surface area contributed by atoms with Gasteiger partial charge in [0.2, 0.25) is 0 Å². The molecule has 2 aromatic rings. The van der Waals surface area contributed by atoms with Crippen molar-refractivity contribution in [1.82, 2.24) is 5.32 Å². The van der Waals surface area contributed by atoms with Gasteiger partial charge < -0.3 is 10.4 Å². The zero-order valence-corrected chi connectivity index (χ0v) is 12.2. The Labute approximate surface area is 120 Å². The second kappa shape index (κ2) is 5.61. The van der Waals surface area contributed by atoms with E-state index in [2.05, 4.69) is 11.4 Å². The molecule has 2 heterocycles. The quantitative estimate of drug-likeness (QED) is 0.913. The van der Waals surface area contributed by atoms with Crippen molar-refractivity contribution in [2.24, 2.45) is 5.92 Å².